The Balaban J connectivity index is 1.26. The molecule has 1 N–H and O–H groups in total. The van der Waals surface area contributed by atoms with E-state index in [9.17, 15) is 4.79 Å². The van der Waals surface area contributed by atoms with Crippen molar-refractivity contribution in [2.45, 2.75) is 48.7 Å². The summed E-state index contributed by atoms with van der Waals surface area (Å²) >= 11 is 1.94. The van der Waals surface area contributed by atoms with Crippen LogP contribution < -0.4 is 5.32 Å². The molecule has 144 valence electrons. The molecule has 0 bridgehead atoms. The Labute approximate surface area is 168 Å². The number of carbonyl (C=O) groups is 1. The summed E-state index contributed by atoms with van der Waals surface area (Å²) < 4.78 is 5.23. The Morgan fingerprint density at radius 1 is 1.18 bits per heavy atom. The van der Waals surface area contributed by atoms with E-state index in [0.717, 1.165) is 16.5 Å². The van der Waals surface area contributed by atoms with E-state index >= 15 is 0 Å². The van der Waals surface area contributed by atoms with Crippen LogP contribution in [0.1, 0.15) is 38.0 Å². The number of pyridine rings is 1. The average Bonchev–Trinajstić information content (AvgIpc) is 3.41. The normalized spacial score (nSPS) is 14.3. The number of hydrogen-bond donors (Lipinski definition) is 1. The third-order valence-corrected chi connectivity index (χ3v) is 6.05. The lowest BCUT2D eigenvalue weighted by atomic mass is 10.2. The fraction of sp³-hybridized carbons (Fsp3) is 0.333. The van der Waals surface area contributed by atoms with Crippen LogP contribution in [0.2, 0.25) is 0 Å². The summed E-state index contributed by atoms with van der Waals surface area (Å²) in [6, 6.07) is 11.8. The van der Waals surface area contributed by atoms with Crippen molar-refractivity contribution < 1.29 is 9.32 Å². The zero-order valence-corrected chi connectivity index (χ0v) is 16.3. The summed E-state index contributed by atoms with van der Waals surface area (Å²) in [5, 5.41) is 7.61. The van der Waals surface area contributed by atoms with Gasteiger partial charge in [-0.25, -0.2) is 0 Å². The monoisotopic (exact) mass is 394 g/mol. The molecule has 28 heavy (non-hydrogen) atoms. The lowest BCUT2D eigenvalue weighted by Gasteiger charge is -2.09. The Morgan fingerprint density at radius 3 is 2.75 bits per heavy atom. The Hall–Kier alpha value is -2.67. The molecular formula is C21H22N4O2S. The molecule has 1 amide bonds. The molecule has 1 fully saturated rings. The van der Waals surface area contributed by atoms with E-state index in [1.54, 1.807) is 12.4 Å². The third kappa shape index (κ3) is 4.98. The van der Waals surface area contributed by atoms with Gasteiger partial charge in [0, 0.05) is 46.6 Å². The van der Waals surface area contributed by atoms with Gasteiger partial charge in [-0.2, -0.15) is 4.98 Å². The van der Waals surface area contributed by atoms with E-state index in [-0.39, 0.29) is 12.3 Å². The van der Waals surface area contributed by atoms with E-state index in [1.807, 2.05) is 36.0 Å². The largest absolute Gasteiger partial charge is 0.339 e. The molecule has 0 unspecified atom stereocenters. The van der Waals surface area contributed by atoms with Crippen LogP contribution in [0.4, 0.5) is 5.69 Å². The zero-order chi connectivity index (χ0) is 19.2. The second-order valence-electron chi connectivity index (χ2n) is 6.85. The molecule has 6 nitrogen and oxygen atoms in total. The van der Waals surface area contributed by atoms with Crippen LogP contribution in [0.5, 0.6) is 0 Å². The maximum absolute atomic E-state index is 12.2. The van der Waals surface area contributed by atoms with Crippen LogP contribution in [0.25, 0.3) is 11.4 Å². The third-order valence-electron chi connectivity index (χ3n) is 4.70. The number of carbonyl (C=O) groups excluding carboxylic acids is 1. The number of rotatable bonds is 7. The molecule has 1 aromatic carbocycles. The second-order valence-corrected chi connectivity index (χ2v) is 8.22. The van der Waals surface area contributed by atoms with E-state index < -0.39 is 0 Å². The summed E-state index contributed by atoms with van der Waals surface area (Å²) in [6.45, 7) is 0. The Bertz CT molecular complexity index is 906. The molecule has 0 spiro atoms. The lowest BCUT2D eigenvalue weighted by molar-refractivity contribution is -0.116. The van der Waals surface area contributed by atoms with Gasteiger partial charge in [-0.1, -0.05) is 18.0 Å². The van der Waals surface area contributed by atoms with Crippen LogP contribution in [0, 0.1) is 0 Å². The highest BCUT2D eigenvalue weighted by Gasteiger charge is 2.16. The molecule has 0 atom stereocenters. The molecule has 1 aliphatic rings. The predicted octanol–water partition coefficient (Wildman–Crippen LogP) is 4.74. The summed E-state index contributed by atoms with van der Waals surface area (Å²) in [4.78, 5) is 21.8. The number of aryl methyl sites for hydroxylation is 1. The van der Waals surface area contributed by atoms with E-state index in [4.69, 9.17) is 4.52 Å². The minimum atomic E-state index is -0.0719. The van der Waals surface area contributed by atoms with Crippen molar-refractivity contribution >= 4 is 23.4 Å². The summed E-state index contributed by atoms with van der Waals surface area (Å²) in [5.41, 5.74) is 1.60. The smallest absolute Gasteiger partial charge is 0.227 e. The maximum Gasteiger partial charge on any atom is 0.227 e. The molecule has 0 saturated heterocycles. The quantitative estimate of drug-likeness (QED) is 0.623. The van der Waals surface area contributed by atoms with Crippen LogP contribution in [0.15, 0.2) is 58.2 Å². The van der Waals surface area contributed by atoms with Gasteiger partial charge in [0.05, 0.1) is 0 Å². The standard InChI is InChI=1S/C21H22N4O2S/c26-19(11-12-20-24-21(25-27-20)15-4-3-13-22-14-15)23-16-7-9-18(10-8-16)28-17-5-1-2-6-17/h3-4,7-10,13-14,17H,1-2,5-6,11-12H2,(H,23,26). The fourth-order valence-electron chi connectivity index (χ4n) is 3.23. The number of anilines is 1. The van der Waals surface area contributed by atoms with Gasteiger partial charge in [0.2, 0.25) is 17.6 Å². The van der Waals surface area contributed by atoms with Crippen molar-refractivity contribution in [2.75, 3.05) is 5.32 Å². The van der Waals surface area contributed by atoms with Gasteiger partial charge in [0.15, 0.2) is 0 Å². The number of nitrogens with one attached hydrogen (secondary N) is 1. The van der Waals surface area contributed by atoms with E-state index in [2.05, 4.69) is 32.6 Å². The number of amides is 1. The number of nitrogens with zero attached hydrogens (tertiary/aromatic N) is 3. The number of thioether (sulfide) groups is 1. The van der Waals surface area contributed by atoms with Crippen LogP contribution >= 0.6 is 11.8 Å². The van der Waals surface area contributed by atoms with Crippen molar-refractivity contribution in [3.63, 3.8) is 0 Å². The fourth-order valence-corrected chi connectivity index (χ4v) is 4.48. The average molecular weight is 395 g/mol. The minimum absolute atomic E-state index is 0.0719. The predicted molar refractivity (Wildman–Crippen MR) is 109 cm³/mol. The Morgan fingerprint density at radius 2 is 2.00 bits per heavy atom. The first-order chi connectivity index (χ1) is 13.8. The van der Waals surface area contributed by atoms with Gasteiger partial charge < -0.3 is 9.84 Å². The highest BCUT2D eigenvalue weighted by atomic mass is 32.2. The summed E-state index contributed by atoms with van der Waals surface area (Å²) in [6.07, 6.45) is 9.35. The molecule has 2 heterocycles. The van der Waals surface area contributed by atoms with Crippen molar-refractivity contribution in [1.29, 1.82) is 0 Å². The van der Waals surface area contributed by atoms with Gasteiger partial charge in [0.25, 0.3) is 0 Å². The first-order valence-corrected chi connectivity index (χ1v) is 10.4. The summed E-state index contributed by atoms with van der Waals surface area (Å²) in [7, 11) is 0. The topological polar surface area (TPSA) is 80.9 Å². The molecule has 7 heteroatoms. The molecule has 2 aromatic heterocycles. The number of benzene rings is 1. The molecule has 1 aliphatic carbocycles. The maximum atomic E-state index is 12.2. The van der Waals surface area contributed by atoms with Gasteiger partial charge >= 0.3 is 0 Å². The Kier molecular flexibility index (Phi) is 6.01. The van der Waals surface area contributed by atoms with Gasteiger partial charge in [-0.3, -0.25) is 9.78 Å². The zero-order valence-electron chi connectivity index (χ0n) is 15.5. The number of hydrogen-bond acceptors (Lipinski definition) is 6. The minimum Gasteiger partial charge on any atom is -0.339 e. The molecule has 1 saturated carbocycles. The highest BCUT2D eigenvalue weighted by molar-refractivity contribution is 8.00. The van der Waals surface area contributed by atoms with Gasteiger partial charge in [-0.15, -0.1) is 11.8 Å². The highest BCUT2D eigenvalue weighted by Crippen LogP contribution is 2.34. The van der Waals surface area contributed by atoms with Gasteiger partial charge in [-0.05, 0) is 49.2 Å². The molecule has 0 radical (unpaired) electrons. The molecular weight excluding hydrogens is 372 g/mol. The van der Waals surface area contributed by atoms with Crippen LogP contribution in [-0.4, -0.2) is 26.3 Å². The van der Waals surface area contributed by atoms with Crippen molar-refractivity contribution in [3.05, 3.63) is 54.7 Å². The first kappa shape index (κ1) is 18.7. The second kappa shape index (κ2) is 9.01. The van der Waals surface area contributed by atoms with Crippen molar-refractivity contribution in [2.24, 2.45) is 0 Å². The first-order valence-electron chi connectivity index (χ1n) is 9.56. The van der Waals surface area contributed by atoms with E-state index in [0.29, 0.717) is 18.1 Å². The van der Waals surface area contributed by atoms with Gasteiger partial charge in [0.1, 0.15) is 0 Å². The number of aromatic nitrogens is 3. The van der Waals surface area contributed by atoms with Crippen molar-refractivity contribution in [3.8, 4) is 11.4 Å². The van der Waals surface area contributed by atoms with Crippen LogP contribution in [0.3, 0.4) is 0 Å². The molecule has 0 aliphatic heterocycles. The summed E-state index contributed by atoms with van der Waals surface area (Å²) in [5.74, 6) is 0.855. The molecule has 3 aromatic rings. The molecule has 4 rings (SSSR count). The van der Waals surface area contributed by atoms with Crippen molar-refractivity contribution in [1.82, 2.24) is 15.1 Å². The van der Waals surface area contributed by atoms with Crippen LogP contribution in [-0.2, 0) is 11.2 Å². The van der Waals surface area contributed by atoms with E-state index in [1.165, 1.54) is 30.6 Å². The lowest BCUT2D eigenvalue weighted by Crippen LogP contribution is -2.12. The SMILES string of the molecule is O=C(CCc1nc(-c2cccnc2)no1)Nc1ccc(SC2CCCC2)cc1.